The van der Waals surface area contributed by atoms with Gasteiger partial charge in [0.15, 0.2) is 22.7 Å². The van der Waals surface area contributed by atoms with Crippen LogP contribution in [0.1, 0.15) is 0 Å². The second-order valence-corrected chi connectivity index (χ2v) is 0.0816. The van der Waals surface area contributed by atoms with Gasteiger partial charge in [-0.2, -0.15) is 0 Å². The van der Waals surface area contributed by atoms with Crippen molar-refractivity contribution in [2.24, 2.45) is 5.34 Å². The molecule has 0 unspecified atom stereocenters. The average Bonchev–Trinajstić information content (AvgIpc) is 0.918. The Balaban J connectivity index is -0.0000000200. The molecule has 0 spiro atoms. The Kier molecular flexibility index (Phi) is 79.3. The molecule has 0 aromatic carbocycles. The van der Waals surface area contributed by atoms with Gasteiger partial charge in [-0.25, -0.2) is 0 Å². The van der Waals surface area contributed by atoms with Crippen LogP contribution in [-0.2, 0) is 21.7 Å². The van der Waals surface area contributed by atoms with Crippen LogP contribution in [0, 0.1) is 4.91 Å². The van der Waals surface area contributed by atoms with Crippen LogP contribution in [0.15, 0.2) is 5.34 Å². The number of nitrogens with zero attached hydrogens (tertiary/aromatic N) is 1. The predicted octanol–water partition coefficient (Wildman–Crippen LogP) is -1.04. The molecule has 0 atom stereocenters. The molecular formula is H4AlNO2Ti. The van der Waals surface area contributed by atoms with Crippen LogP contribution < -0.4 is 0 Å². The summed E-state index contributed by atoms with van der Waals surface area (Å²) in [4.78, 5) is 8.11. The molecule has 0 bridgehead atoms. The zero-order chi connectivity index (χ0) is 2.71. The van der Waals surface area contributed by atoms with E-state index in [0.717, 1.165) is 0 Å². The van der Waals surface area contributed by atoms with Crippen LogP contribution in [0.3, 0.4) is 0 Å². The van der Waals surface area contributed by atoms with Gasteiger partial charge in [0.25, 0.3) is 0 Å². The molecule has 5 heteroatoms. The fourth-order valence-electron chi connectivity index (χ4n) is 0. The van der Waals surface area contributed by atoms with Crippen molar-refractivity contribution in [2.45, 2.75) is 0 Å². The number of rotatable bonds is 0. The molecule has 0 heterocycles. The van der Waals surface area contributed by atoms with Gasteiger partial charge < -0.3 is 5.21 Å². The molecule has 0 radical (unpaired) electrons. The SMILES string of the molecule is O=NO.[AlH3].[Ti]. The molecule has 5 heavy (non-hydrogen) atoms. The van der Waals surface area contributed by atoms with E-state index in [2.05, 4.69) is 0 Å². The first-order valence-corrected chi connectivity index (χ1v) is 0.383. The van der Waals surface area contributed by atoms with Gasteiger partial charge in [0.05, 0.1) is 0 Å². The zero-order valence-corrected chi connectivity index (χ0v) is 3.36. The van der Waals surface area contributed by atoms with Crippen molar-refractivity contribution in [1.29, 1.82) is 0 Å². The molecule has 28 valence electrons. The van der Waals surface area contributed by atoms with Crippen LogP contribution >= 0.6 is 0 Å². The maximum Gasteiger partial charge on any atom is 0.187 e. The molecule has 0 aromatic rings. The van der Waals surface area contributed by atoms with Crippen molar-refractivity contribution in [3.05, 3.63) is 4.91 Å². The van der Waals surface area contributed by atoms with Crippen molar-refractivity contribution in [3.8, 4) is 0 Å². The molecule has 3 nitrogen and oxygen atoms in total. The van der Waals surface area contributed by atoms with Crippen molar-refractivity contribution in [1.82, 2.24) is 0 Å². The van der Waals surface area contributed by atoms with E-state index in [1.807, 2.05) is 0 Å². The van der Waals surface area contributed by atoms with Crippen molar-refractivity contribution < 1.29 is 26.9 Å². The summed E-state index contributed by atoms with van der Waals surface area (Å²) in [6.07, 6.45) is 0. The number of hydrogen-bond acceptors (Lipinski definition) is 2. The van der Waals surface area contributed by atoms with Gasteiger partial charge in [-0.05, 0) is 0 Å². The summed E-state index contributed by atoms with van der Waals surface area (Å²) in [5.41, 5.74) is 0. The van der Waals surface area contributed by atoms with Crippen molar-refractivity contribution in [3.63, 3.8) is 0 Å². The van der Waals surface area contributed by atoms with E-state index >= 15 is 0 Å². The minimum Gasteiger partial charge on any atom is -0.379 e. The molecule has 0 aromatic heterocycles. The smallest absolute Gasteiger partial charge is 0.187 e. The first-order chi connectivity index (χ1) is 1.41. The van der Waals surface area contributed by atoms with Gasteiger partial charge >= 0.3 is 0 Å². The van der Waals surface area contributed by atoms with E-state index in [-0.39, 0.29) is 39.1 Å². The third-order valence-corrected chi connectivity index (χ3v) is 0. The Bertz CT molecular complexity index is 17.1. The third-order valence-electron chi connectivity index (χ3n) is 0. The fraction of sp³-hybridized carbons (Fsp3) is 0. The van der Waals surface area contributed by atoms with E-state index in [4.69, 9.17) is 10.1 Å². The fourth-order valence-corrected chi connectivity index (χ4v) is 0. The van der Waals surface area contributed by atoms with Crippen molar-refractivity contribution in [2.75, 3.05) is 0 Å². The Morgan fingerprint density at radius 3 is 1.60 bits per heavy atom. The Morgan fingerprint density at radius 2 is 1.60 bits per heavy atom. The van der Waals surface area contributed by atoms with Gasteiger partial charge in [0.1, 0.15) is 0 Å². The molecule has 0 aliphatic heterocycles. The molecule has 0 fully saturated rings. The van der Waals surface area contributed by atoms with Gasteiger partial charge in [0, 0.05) is 21.7 Å². The number of hydrogen-bond donors (Lipinski definition) is 1. The van der Waals surface area contributed by atoms with Crippen LogP contribution in [0.2, 0.25) is 0 Å². The summed E-state index contributed by atoms with van der Waals surface area (Å²) in [5, 5.41) is 7.89. The first kappa shape index (κ1) is 17.4. The molecule has 0 aliphatic carbocycles. The Hall–Kier alpha value is 0.647. The standard InChI is InChI=1S/Al.HNO2.Ti.3H/c;2-1-3;;;;/h;(H,2,3);;;;. The minimum absolute atomic E-state index is 0. The summed E-state index contributed by atoms with van der Waals surface area (Å²) in [5.74, 6) is 0. The van der Waals surface area contributed by atoms with Crippen LogP contribution in [-0.4, -0.2) is 22.6 Å². The molecule has 1 N–H and O–H groups in total. The molecule has 0 saturated carbocycles. The van der Waals surface area contributed by atoms with Gasteiger partial charge in [-0.15, -0.1) is 4.91 Å². The Morgan fingerprint density at radius 1 is 1.60 bits per heavy atom. The monoisotopic (exact) mass is 125 g/mol. The largest absolute Gasteiger partial charge is 0.379 e. The van der Waals surface area contributed by atoms with Gasteiger partial charge in [-0.1, -0.05) is 0 Å². The molecular weight excluding hydrogens is 121 g/mol. The van der Waals surface area contributed by atoms with E-state index in [9.17, 15) is 0 Å². The van der Waals surface area contributed by atoms with E-state index < -0.39 is 0 Å². The topological polar surface area (TPSA) is 49.7 Å². The maximum atomic E-state index is 8.11. The molecule has 0 rings (SSSR count). The summed E-state index contributed by atoms with van der Waals surface area (Å²) in [7, 11) is 0. The molecule has 0 amide bonds. The predicted molar refractivity (Wildman–Crippen MR) is 17.5 cm³/mol. The van der Waals surface area contributed by atoms with Gasteiger partial charge in [0.2, 0.25) is 0 Å². The molecule has 0 aliphatic rings. The van der Waals surface area contributed by atoms with Crippen molar-refractivity contribution >= 4 is 17.4 Å². The summed E-state index contributed by atoms with van der Waals surface area (Å²) in [6, 6.07) is 0. The summed E-state index contributed by atoms with van der Waals surface area (Å²) in [6.45, 7) is 0. The maximum absolute atomic E-state index is 8.11. The third kappa shape index (κ3) is 77.8. The quantitative estimate of drug-likeness (QED) is 0.255. The summed E-state index contributed by atoms with van der Waals surface area (Å²) >= 11 is 0. The van der Waals surface area contributed by atoms with Crippen LogP contribution in [0.25, 0.3) is 0 Å². The zero-order valence-electron chi connectivity index (χ0n) is 1.80. The van der Waals surface area contributed by atoms with E-state index in [1.54, 1.807) is 0 Å². The first-order valence-electron chi connectivity index (χ1n) is 0.383. The second-order valence-electron chi connectivity index (χ2n) is 0.0816. The van der Waals surface area contributed by atoms with E-state index in [1.165, 1.54) is 5.34 Å². The normalized spacial score (nSPS) is 2.40. The molecule has 0 saturated heterocycles. The van der Waals surface area contributed by atoms with E-state index in [0.29, 0.717) is 0 Å². The van der Waals surface area contributed by atoms with Crippen LogP contribution in [0.5, 0.6) is 0 Å². The average molecular weight is 125 g/mol. The second kappa shape index (κ2) is 22.8. The van der Waals surface area contributed by atoms with Gasteiger partial charge in [-0.3, -0.25) is 0 Å². The minimum atomic E-state index is 0. The van der Waals surface area contributed by atoms with Crippen LogP contribution in [0.4, 0.5) is 0 Å². The Labute approximate surface area is 54.7 Å². The summed E-state index contributed by atoms with van der Waals surface area (Å²) < 4.78 is 0.